The average molecular weight is 516 g/mol. The molecule has 0 amide bonds. The molecule has 0 unspecified atom stereocenters. The highest BCUT2D eigenvalue weighted by molar-refractivity contribution is 6.65. The topological polar surface area (TPSA) is 18.5 Å². The van der Waals surface area contributed by atoms with E-state index >= 15 is 0 Å². The molecule has 0 saturated heterocycles. The second kappa shape index (κ2) is 8.46. The van der Waals surface area contributed by atoms with Crippen molar-refractivity contribution in [3.8, 4) is 0 Å². The van der Waals surface area contributed by atoms with Crippen LogP contribution in [0.2, 0.25) is 12.6 Å². The Morgan fingerprint density at radius 2 is 0.871 bits per heavy atom. The molecule has 0 aliphatic carbocycles. The Balaban J connectivity index is 6.09. The zero-order chi connectivity index (χ0) is 25.5. The lowest BCUT2D eigenvalue weighted by Gasteiger charge is -2.41. The van der Waals surface area contributed by atoms with Crippen LogP contribution in [0.1, 0.15) is 12.8 Å². The predicted octanol–water partition coefficient (Wildman–Crippen LogP) is 6.51. The smallest absolute Gasteiger partial charge is 0.398 e. The Morgan fingerprint density at radius 3 is 1.19 bits per heavy atom. The van der Waals surface area contributed by atoms with Crippen molar-refractivity contribution in [2.45, 2.75) is 67.1 Å². The Morgan fingerprint density at radius 1 is 0.548 bits per heavy atom. The van der Waals surface area contributed by atoms with Gasteiger partial charge in [0, 0.05) is 20.6 Å². The highest BCUT2D eigenvalue weighted by Gasteiger charge is 2.93. The molecule has 0 rings (SSSR count). The first-order valence-electron chi connectivity index (χ1n) is 7.77. The van der Waals surface area contributed by atoms with Gasteiger partial charge < -0.3 is 8.85 Å². The van der Waals surface area contributed by atoms with E-state index in [0.717, 1.165) is 14.2 Å². The molecule has 188 valence electrons. The van der Waals surface area contributed by atoms with E-state index in [0.29, 0.717) is 0 Å². The van der Waals surface area contributed by atoms with Crippen molar-refractivity contribution >= 4 is 8.56 Å². The first kappa shape index (κ1) is 30.1. The van der Waals surface area contributed by atoms with Crippen molar-refractivity contribution in [2.24, 2.45) is 0 Å². The van der Waals surface area contributed by atoms with Crippen LogP contribution in [-0.2, 0) is 8.85 Å². The van der Waals surface area contributed by atoms with Crippen LogP contribution in [0.4, 0.5) is 65.9 Å². The minimum Gasteiger partial charge on any atom is -0.398 e. The van der Waals surface area contributed by atoms with Gasteiger partial charge in [-0.2, -0.15) is 65.9 Å². The molecule has 0 N–H and O–H groups in total. The third-order valence-electron chi connectivity index (χ3n) is 4.38. The van der Waals surface area contributed by atoms with Gasteiger partial charge in [0.15, 0.2) is 0 Å². The van der Waals surface area contributed by atoms with Crippen molar-refractivity contribution < 1.29 is 74.7 Å². The lowest BCUT2D eigenvalue weighted by molar-refractivity contribution is -0.452. The molecule has 0 atom stereocenters. The van der Waals surface area contributed by atoms with Gasteiger partial charge in [0.2, 0.25) is 0 Å². The summed E-state index contributed by atoms with van der Waals surface area (Å²) in [5, 5.41) is 0. The van der Waals surface area contributed by atoms with Crippen molar-refractivity contribution in [2.75, 3.05) is 14.2 Å². The maximum Gasteiger partial charge on any atom is 0.460 e. The van der Waals surface area contributed by atoms with Crippen LogP contribution < -0.4 is 0 Å². The van der Waals surface area contributed by atoms with Gasteiger partial charge in [-0.1, -0.05) is 0 Å². The van der Waals surface area contributed by atoms with Crippen molar-refractivity contribution in [1.29, 1.82) is 0 Å². The van der Waals surface area contributed by atoms with Crippen LogP contribution in [0.5, 0.6) is 0 Å². The fourth-order valence-electron chi connectivity index (χ4n) is 2.08. The second-order valence-corrected chi connectivity index (χ2v) is 10.1. The molecular formula is C13H15F15O2Si. The summed E-state index contributed by atoms with van der Waals surface area (Å²) >= 11 is 0. The summed E-state index contributed by atoms with van der Waals surface area (Å²) in [4.78, 5) is 0. The van der Waals surface area contributed by atoms with Gasteiger partial charge in [-0.25, -0.2) is 0 Å². The van der Waals surface area contributed by atoms with E-state index in [-0.39, 0.29) is 0 Å². The molecule has 0 spiro atoms. The number of hydrogen-bond donors (Lipinski definition) is 0. The van der Waals surface area contributed by atoms with E-state index < -0.39 is 69.2 Å². The standard InChI is InChI=1S/C13H15F15O2Si/c1-29-31(3,30-2)6-4-5-7(14,15)8(16,17)9(18,19)10(20,21)11(22,23)12(24,25)13(26,27)28/h4-6H2,1-3H3. The lowest BCUT2D eigenvalue weighted by atomic mass is 9.90. The van der Waals surface area contributed by atoms with E-state index in [1.807, 2.05) is 0 Å². The van der Waals surface area contributed by atoms with Crippen LogP contribution in [0.25, 0.3) is 0 Å². The summed E-state index contributed by atoms with van der Waals surface area (Å²) in [6, 6.07) is -0.615. The van der Waals surface area contributed by atoms with Crippen LogP contribution >= 0.6 is 0 Å². The fraction of sp³-hybridized carbons (Fsp3) is 1.00. The minimum atomic E-state index is -8.26. The Hall–Kier alpha value is -0.913. The van der Waals surface area contributed by atoms with Crippen LogP contribution in [0.15, 0.2) is 0 Å². The molecule has 0 radical (unpaired) electrons. The Kier molecular flexibility index (Phi) is 8.21. The molecule has 0 aliphatic heterocycles. The van der Waals surface area contributed by atoms with E-state index in [1.165, 1.54) is 6.55 Å². The normalized spacial score (nSPS) is 16.1. The largest absolute Gasteiger partial charge is 0.460 e. The molecule has 0 aromatic heterocycles. The third kappa shape index (κ3) is 4.74. The quantitative estimate of drug-likeness (QED) is 0.231. The van der Waals surface area contributed by atoms with E-state index in [9.17, 15) is 65.9 Å². The van der Waals surface area contributed by atoms with Gasteiger partial charge in [0.1, 0.15) is 0 Å². The predicted molar refractivity (Wildman–Crippen MR) is 75.4 cm³/mol. The molecule has 2 nitrogen and oxygen atoms in total. The summed E-state index contributed by atoms with van der Waals surface area (Å²) in [7, 11) is -1.27. The minimum absolute atomic E-state index is 0.615. The molecule has 0 fully saturated rings. The van der Waals surface area contributed by atoms with Gasteiger partial charge in [0.05, 0.1) is 0 Å². The number of hydrogen-bond acceptors (Lipinski definition) is 2. The number of halogens is 15. The first-order valence-corrected chi connectivity index (χ1v) is 10.3. The van der Waals surface area contributed by atoms with E-state index in [4.69, 9.17) is 8.85 Å². The van der Waals surface area contributed by atoms with E-state index in [2.05, 4.69) is 0 Å². The van der Waals surface area contributed by atoms with Gasteiger partial charge in [-0.3, -0.25) is 0 Å². The second-order valence-electron chi connectivity index (χ2n) is 6.47. The van der Waals surface area contributed by atoms with Crippen molar-refractivity contribution in [3.05, 3.63) is 0 Å². The fourth-order valence-corrected chi connectivity index (χ4v) is 3.47. The van der Waals surface area contributed by atoms with Gasteiger partial charge in [-0.15, -0.1) is 0 Å². The molecule has 0 heterocycles. The zero-order valence-electron chi connectivity index (χ0n) is 15.6. The van der Waals surface area contributed by atoms with Crippen molar-refractivity contribution in [3.63, 3.8) is 0 Å². The summed E-state index contributed by atoms with van der Waals surface area (Å²) < 4.78 is 205. The molecule has 18 heteroatoms. The van der Waals surface area contributed by atoms with Gasteiger partial charge in [-0.05, 0) is 19.0 Å². The van der Waals surface area contributed by atoms with Gasteiger partial charge in [0.25, 0.3) is 0 Å². The van der Waals surface area contributed by atoms with Crippen LogP contribution in [-0.4, -0.2) is 64.5 Å². The molecule has 0 bridgehead atoms. The molecule has 0 aromatic carbocycles. The molecule has 0 saturated carbocycles. The monoisotopic (exact) mass is 516 g/mol. The molecular weight excluding hydrogens is 501 g/mol. The number of alkyl halides is 15. The summed E-state index contributed by atoms with van der Waals surface area (Å²) in [5.41, 5.74) is 0. The first-order chi connectivity index (χ1) is 13.3. The van der Waals surface area contributed by atoms with Crippen LogP contribution in [0.3, 0.4) is 0 Å². The Bertz CT molecular complexity index is 613. The zero-order valence-corrected chi connectivity index (χ0v) is 16.6. The molecule has 0 aromatic rings. The summed E-state index contributed by atoms with van der Waals surface area (Å²) in [6.45, 7) is 1.19. The highest BCUT2D eigenvalue weighted by Crippen LogP contribution is 2.62. The highest BCUT2D eigenvalue weighted by atomic mass is 28.4. The number of rotatable bonds is 11. The third-order valence-corrected chi connectivity index (χ3v) is 7.37. The summed E-state index contributed by atoms with van der Waals surface area (Å²) in [6.07, 6.45) is -11.2. The van der Waals surface area contributed by atoms with E-state index in [1.54, 1.807) is 0 Å². The molecule has 31 heavy (non-hydrogen) atoms. The maximum atomic E-state index is 13.6. The molecule has 0 aliphatic rings. The maximum absolute atomic E-state index is 13.6. The Labute approximate surface area is 165 Å². The average Bonchev–Trinajstić information content (AvgIpc) is 2.59. The SMILES string of the molecule is CO[Si](C)(CCCC(F)(F)C(F)(F)C(F)(F)C(F)(F)C(F)(F)C(F)(F)C(F)(F)F)OC. The van der Waals surface area contributed by atoms with Gasteiger partial charge >= 0.3 is 50.3 Å². The van der Waals surface area contributed by atoms with Crippen LogP contribution in [0, 0.1) is 0 Å². The van der Waals surface area contributed by atoms with Crippen molar-refractivity contribution in [1.82, 2.24) is 0 Å². The summed E-state index contributed by atoms with van der Waals surface area (Å²) in [5.74, 6) is -46.2. The lowest BCUT2D eigenvalue weighted by Crippen LogP contribution is -2.72.